The lowest BCUT2D eigenvalue weighted by Crippen LogP contribution is -2.40. The monoisotopic (exact) mass is 364 g/mol. The Labute approximate surface area is 156 Å². The molecule has 1 aromatic rings. The lowest BCUT2D eigenvalue weighted by molar-refractivity contribution is -0.126. The number of nitrogens with zero attached hydrogens (tertiary/aromatic N) is 1. The highest BCUT2D eigenvalue weighted by atomic mass is 16.5. The molecule has 1 amide bonds. The molecule has 0 spiro atoms. The number of rotatable bonds is 10. The predicted molar refractivity (Wildman–Crippen MR) is 102 cm³/mol. The number of carbonyl (C=O) groups is 1. The number of hydrogen-bond acceptors (Lipinski definition) is 5. The number of nitrogens with one attached hydrogen (secondary N) is 1. The molecular weight excluding hydrogens is 332 g/mol. The number of methoxy groups -OCH3 is 2. The average Bonchev–Trinajstić information content (AvgIpc) is 2.68. The first kappa shape index (κ1) is 20.5. The van der Waals surface area contributed by atoms with E-state index in [-0.39, 0.29) is 11.8 Å². The summed E-state index contributed by atoms with van der Waals surface area (Å²) in [4.78, 5) is 14.6. The van der Waals surface area contributed by atoms with Crippen LogP contribution in [0.25, 0.3) is 0 Å². The molecule has 0 aliphatic carbocycles. The summed E-state index contributed by atoms with van der Waals surface area (Å²) in [5.41, 5.74) is 1.15. The van der Waals surface area contributed by atoms with Crippen molar-refractivity contribution in [3.05, 3.63) is 23.8 Å². The third-order valence-electron chi connectivity index (χ3n) is 4.82. The van der Waals surface area contributed by atoms with Crippen LogP contribution in [0.3, 0.4) is 0 Å². The molecule has 146 valence electrons. The van der Waals surface area contributed by atoms with Crippen molar-refractivity contribution in [1.29, 1.82) is 0 Å². The molecule has 6 nitrogen and oxygen atoms in total. The van der Waals surface area contributed by atoms with E-state index in [0.717, 1.165) is 62.6 Å². The Morgan fingerprint density at radius 1 is 1.23 bits per heavy atom. The fourth-order valence-electron chi connectivity index (χ4n) is 3.25. The molecule has 1 saturated heterocycles. The van der Waals surface area contributed by atoms with Crippen molar-refractivity contribution in [3.8, 4) is 11.5 Å². The van der Waals surface area contributed by atoms with Crippen LogP contribution in [0, 0.1) is 5.92 Å². The lowest BCUT2D eigenvalue weighted by atomic mass is 9.95. The Morgan fingerprint density at radius 2 is 2.00 bits per heavy atom. The van der Waals surface area contributed by atoms with Gasteiger partial charge in [0.1, 0.15) is 11.5 Å². The number of amides is 1. The normalized spacial score (nSPS) is 15.7. The van der Waals surface area contributed by atoms with Crippen LogP contribution >= 0.6 is 0 Å². The summed E-state index contributed by atoms with van der Waals surface area (Å²) < 4.78 is 16.0. The van der Waals surface area contributed by atoms with E-state index in [1.54, 1.807) is 14.2 Å². The highest BCUT2D eigenvalue weighted by molar-refractivity contribution is 5.78. The Hall–Kier alpha value is -1.79. The molecule has 26 heavy (non-hydrogen) atoms. The molecule has 1 fully saturated rings. The second-order valence-corrected chi connectivity index (χ2v) is 6.57. The van der Waals surface area contributed by atoms with Crippen molar-refractivity contribution in [2.24, 2.45) is 5.92 Å². The molecule has 1 heterocycles. The minimum Gasteiger partial charge on any atom is -0.497 e. The summed E-state index contributed by atoms with van der Waals surface area (Å²) in [6.45, 7) is 6.79. The van der Waals surface area contributed by atoms with E-state index in [1.807, 2.05) is 19.1 Å². The van der Waals surface area contributed by atoms with E-state index < -0.39 is 0 Å². The molecule has 0 bridgehead atoms. The van der Waals surface area contributed by atoms with Crippen molar-refractivity contribution in [1.82, 2.24) is 10.2 Å². The SMILES string of the molecule is CCOCCCNC(=O)C1CCN(Cc2ccc(OC)cc2OC)CC1. The van der Waals surface area contributed by atoms with Gasteiger partial charge in [-0.15, -0.1) is 0 Å². The first-order valence-corrected chi connectivity index (χ1v) is 9.46. The van der Waals surface area contributed by atoms with Crippen LogP contribution in [0.4, 0.5) is 0 Å². The van der Waals surface area contributed by atoms with Gasteiger partial charge in [-0.2, -0.15) is 0 Å². The van der Waals surface area contributed by atoms with Crippen LogP contribution in [0.1, 0.15) is 31.7 Å². The largest absolute Gasteiger partial charge is 0.497 e. The molecule has 0 aromatic heterocycles. The van der Waals surface area contributed by atoms with E-state index in [1.165, 1.54) is 0 Å². The van der Waals surface area contributed by atoms with Gasteiger partial charge in [0.05, 0.1) is 14.2 Å². The number of carbonyl (C=O) groups excluding carboxylic acids is 1. The summed E-state index contributed by atoms with van der Waals surface area (Å²) in [5.74, 6) is 1.95. The van der Waals surface area contributed by atoms with Crippen molar-refractivity contribution in [3.63, 3.8) is 0 Å². The number of benzene rings is 1. The van der Waals surface area contributed by atoms with Crippen LogP contribution in [0.15, 0.2) is 18.2 Å². The van der Waals surface area contributed by atoms with Crippen LogP contribution < -0.4 is 14.8 Å². The van der Waals surface area contributed by atoms with Gasteiger partial charge in [0.15, 0.2) is 0 Å². The molecule has 2 rings (SSSR count). The van der Waals surface area contributed by atoms with Gasteiger partial charge < -0.3 is 19.5 Å². The highest BCUT2D eigenvalue weighted by Crippen LogP contribution is 2.27. The minimum absolute atomic E-state index is 0.121. The van der Waals surface area contributed by atoms with Crippen LogP contribution in [0.5, 0.6) is 11.5 Å². The zero-order valence-electron chi connectivity index (χ0n) is 16.3. The van der Waals surface area contributed by atoms with Gasteiger partial charge in [0, 0.05) is 43.9 Å². The topological polar surface area (TPSA) is 60.0 Å². The zero-order valence-corrected chi connectivity index (χ0v) is 16.3. The van der Waals surface area contributed by atoms with Gasteiger partial charge in [0.25, 0.3) is 0 Å². The van der Waals surface area contributed by atoms with Crippen LogP contribution in [0.2, 0.25) is 0 Å². The van der Waals surface area contributed by atoms with Crippen molar-refractivity contribution in [2.75, 3.05) is 47.1 Å². The highest BCUT2D eigenvalue weighted by Gasteiger charge is 2.25. The molecule has 0 unspecified atom stereocenters. The molecule has 0 atom stereocenters. The Kier molecular flexibility index (Phi) is 8.71. The van der Waals surface area contributed by atoms with E-state index in [9.17, 15) is 4.79 Å². The third-order valence-corrected chi connectivity index (χ3v) is 4.82. The van der Waals surface area contributed by atoms with E-state index in [2.05, 4.69) is 16.3 Å². The quantitative estimate of drug-likeness (QED) is 0.646. The second kappa shape index (κ2) is 11.0. The maximum Gasteiger partial charge on any atom is 0.223 e. The Bertz CT molecular complexity index is 557. The number of likely N-dealkylation sites (tertiary alicyclic amines) is 1. The first-order valence-electron chi connectivity index (χ1n) is 9.46. The second-order valence-electron chi connectivity index (χ2n) is 6.57. The van der Waals surface area contributed by atoms with Gasteiger partial charge in [-0.25, -0.2) is 0 Å². The van der Waals surface area contributed by atoms with Gasteiger partial charge in [-0.3, -0.25) is 9.69 Å². The van der Waals surface area contributed by atoms with Gasteiger partial charge in [-0.05, 0) is 45.3 Å². The molecule has 1 aromatic carbocycles. The summed E-state index contributed by atoms with van der Waals surface area (Å²) >= 11 is 0. The van der Waals surface area contributed by atoms with Crippen molar-refractivity contribution in [2.45, 2.75) is 32.7 Å². The molecule has 1 aliphatic rings. The molecular formula is C20H32N2O4. The maximum atomic E-state index is 12.3. The summed E-state index contributed by atoms with van der Waals surface area (Å²) in [6.07, 6.45) is 2.67. The summed E-state index contributed by atoms with van der Waals surface area (Å²) in [6, 6.07) is 5.92. The molecule has 6 heteroatoms. The van der Waals surface area contributed by atoms with Gasteiger partial charge in [-0.1, -0.05) is 6.07 Å². The molecule has 0 saturated carbocycles. The van der Waals surface area contributed by atoms with Crippen LogP contribution in [-0.4, -0.2) is 57.9 Å². The van der Waals surface area contributed by atoms with E-state index >= 15 is 0 Å². The maximum absolute atomic E-state index is 12.3. The first-order chi connectivity index (χ1) is 12.7. The fraction of sp³-hybridized carbons (Fsp3) is 0.650. The predicted octanol–water partition coefficient (Wildman–Crippen LogP) is 2.46. The summed E-state index contributed by atoms with van der Waals surface area (Å²) in [7, 11) is 3.33. The number of ether oxygens (including phenoxy) is 3. The molecule has 0 radical (unpaired) electrons. The van der Waals surface area contributed by atoms with Gasteiger partial charge in [0.2, 0.25) is 5.91 Å². The third kappa shape index (κ3) is 6.18. The Balaban J connectivity index is 1.75. The lowest BCUT2D eigenvalue weighted by Gasteiger charge is -2.31. The zero-order chi connectivity index (χ0) is 18.8. The molecule has 1 aliphatic heterocycles. The minimum atomic E-state index is 0.121. The van der Waals surface area contributed by atoms with Gasteiger partial charge >= 0.3 is 0 Å². The fourth-order valence-corrected chi connectivity index (χ4v) is 3.25. The smallest absolute Gasteiger partial charge is 0.223 e. The molecule has 1 N–H and O–H groups in total. The van der Waals surface area contributed by atoms with E-state index in [4.69, 9.17) is 14.2 Å². The number of piperidine rings is 1. The summed E-state index contributed by atoms with van der Waals surface area (Å²) in [5, 5.41) is 3.04. The van der Waals surface area contributed by atoms with E-state index in [0.29, 0.717) is 13.2 Å². The van der Waals surface area contributed by atoms with Crippen molar-refractivity contribution >= 4 is 5.91 Å². The Morgan fingerprint density at radius 3 is 2.65 bits per heavy atom. The average molecular weight is 364 g/mol. The van der Waals surface area contributed by atoms with Crippen LogP contribution in [-0.2, 0) is 16.1 Å². The standard InChI is InChI=1S/C20H32N2O4/c1-4-26-13-5-10-21-20(23)16-8-11-22(12-9-16)15-17-6-7-18(24-2)14-19(17)25-3/h6-7,14,16H,4-5,8-13,15H2,1-3H3,(H,21,23). The number of hydrogen-bond donors (Lipinski definition) is 1. The van der Waals surface area contributed by atoms with Crippen molar-refractivity contribution < 1.29 is 19.0 Å².